The van der Waals surface area contributed by atoms with E-state index in [2.05, 4.69) is 4.98 Å². The molecule has 5 N–H and O–H groups in total. The summed E-state index contributed by atoms with van der Waals surface area (Å²) in [6, 6.07) is 1.69. The molecule has 0 atom stereocenters. The number of carbonyl (C=O) groups excluding carboxylic acids is 1. The minimum Gasteiger partial charge on any atom is -0.435 e. The number of pyridine rings is 1. The number of ketones is 1. The summed E-state index contributed by atoms with van der Waals surface area (Å²) in [5.41, 5.74) is 0.971. The summed E-state index contributed by atoms with van der Waals surface area (Å²) in [5, 5.41) is -0.579. The Bertz CT molecular complexity index is 1460. The van der Waals surface area contributed by atoms with E-state index in [-0.39, 0.29) is 4.57 Å². The van der Waals surface area contributed by atoms with E-state index in [0.717, 1.165) is 6.20 Å². The van der Waals surface area contributed by atoms with Gasteiger partial charge in [-0.1, -0.05) is 11.6 Å². The SMILES string of the molecule is Nc1c(C(=O)C(F)(F)F)ccnc1Oc1cc(-n2c(=O)[nH]c(C(F)(F)F)c(N)c2=O)c(F)cc1Cl. The zero-order chi connectivity index (χ0) is 26.5. The van der Waals surface area contributed by atoms with E-state index >= 15 is 0 Å². The summed E-state index contributed by atoms with van der Waals surface area (Å²) in [6.45, 7) is 0. The maximum absolute atomic E-state index is 14.5. The topological polar surface area (TPSA) is 146 Å². The van der Waals surface area contributed by atoms with Gasteiger partial charge in [0.15, 0.2) is 5.69 Å². The van der Waals surface area contributed by atoms with E-state index < -0.39 is 80.2 Å². The molecule has 0 bridgehead atoms. The normalized spacial score (nSPS) is 12.0. The van der Waals surface area contributed by atoms with Crippen molar-refractivity contribution in [3.63, 3.8) is 0 Å². The van der Waals surface area contributed by atoms with Crippen LogP contribution in [-0.2, 0) is 6.18 Å². The predicted molar refractivity (Wildman–Crippen MR) is 106 cm³/mol. The highest BCUT2D eigenvalue weighted by atomic mass is 35.5. The highest BCUT2D eigenvalue weighted by Gasteiger charge is 2.41. The maximum atomic E-state index is 14.5. The first kappa shape index (κ1) is 25.5. The molecule has 3 rings (SSSR count). The Kier molecular flexibility index (Phi) is 6.28. The van der Waals surface area contributed by atoms with E-state index in [1.54, 1.807) is 0 Å². The van der Waals surface area contributed by atoms with E-state index in [9.17, 15) is 45.1 Å². The van der Waals surface area contributed by atoms with Gasteiger partial charge in [-0.3, -0.25) is 9.59 Å². The lowest BCUT2D eigenvalue weighted by Crippen LogP contribution is -2.38. The van der Waals surface area contributed by atoms with Crippen LogP contribution in [0, 0.1) is 5.82 Å². The minimum atomic E-state index is -5.29. The van der Waals surface area contributed by atoms with Crippen molar-refractivity contribution in [1.82, 2.24) is 14.5 Å². The van der Waals surface area contributed by atoms with Crippen molar-refractivity contribution in [2.75, 3.05) is 11.5 Å². The molecule has 9 nitrogen and oxygen atoms in total. The number of nitrogens with zero attached hydrogens (tertiary/aromatic N) is 2. The van der Waals surface area contributed by atoms with Gasteiger partial charge >= 0.3 is 18.0 Å². The number of nitrogen functional groups attached to an aromatic ring is 2. The summed E-state index contributed by atoms with van der Waals surface area (Å²) in [6.07, 6.45) is -9.77. The van der Waals surface area contributed by atoms with Crippen molar-refractivity contribution in [3.8, 4) is 17.3 Å². The number of ether oxygens (including phenoxy) is 1. The summed E-state index contributed by atoms with van der Waals surface area (Å²) in [7, 11) is 0. The first-order valence-corrected chi connectivity index (χ1v) is 9.17. The number of H-pyrrole nitrogens is 1. The molecule has 0 aliphatic rings. The van der Waals surface area contributed by atoms with E-state index in [1.165, 1.54) is 4.98 Å². The molecule has 17 heteroatoms. The maximum Gasteiger partial charge on any atom is 0.454 e. The number of aromatic amines is 1. The number of hydrogen-bond donors (Lipinski definition) is 3. The molecule has 186 valence electrons. The van der Waals surface area contributed by atoms with Gasteiger partial charge in [-0.15, -0.1) is 0 Å². The minimum absolute atomic E-state index is 0.0938. The van der Waals surface area contributed by atoms with Crippen molar-refractivity contribution < 1.29 is 40.3 Å². The van der Waals surface area contributed by atoms with E-state index in [4.69, 9.17) is 27.8 Å². The third-order valence-electron chi connectivity index (χ3n) is 4.33. The molecule has 35 heavy (non-hydrogen) atoms. The zero-order valence-electron chi connectivity index (χ0n) is 16.5. The second-order valence-electron chi connectivity index (χ2n) is 6.60. The number of halogens is 8. The average Bonchev–Trinajstić information content (AvgIpc) is 2.73. The van der Waals surface area contributed by atoms with E-state index in [1.807, 2.05) is 0 Å². The monoisotopic (exact) mass is 527 g/mol. The van der Waals surface area contributed by atoms with Crippen LogP contribution in [-0.4, -0.2) is 26.5 Å². The molecule has 1 aromatic carbocycles. The third kappa shape index (κ3) is 4.77. The highest BCUT2D eigenvalue weighted by Crippen LogP contribution is 2.36. The van der Waals surface area contributed by atoms with Crippen LogP contribution in [0.25, 0.3) is 5.69 Å². The molecular weight excluding hydrogens is 519 g/mol. The van der Waals surface area contributed by atoms with Crippen molar-refractivity contribution in [1.29, 1.82) is 0 Å². The standard InChI is InChI=1S/C18H9ClF7N5O4/c19-6-3-7(20)8(31-15(33)11(28)12(17(21,22)23)30-16(31)34)4-9(6)35-14-10(27)5(1-2-29-14)13(32)18(24,25)26/h1-4H,27-28H2,(H,30,34). The third-order valence-corrected chi connectivity index (χ3v) is 4.62. The lowest BCUT2D eigenvalue weighted by atomic mass is 10.1. The molecule has 0 amide bonds. The van der Waals surface area contributed by atoms with E-state index in [0.29, 0.717) is 18.2 Å². The molecule has 0 unspecified atom stereocenters. The van der Waals surface area contributed by atoms with Gasteiger partial charge in [-0.25, -0.2) is 18.7 Å². The Balaban J connectivity index is 2.16. The summed E-state index contributed by atoms with van der Waals surface area (Å²) >= 11 is 5.83. The Labute approximate surface area is 192 Å². The van der Waals surface area contributed by atoms with Crippen molar-refractivity contribution >= 4 is 28.8 Å². The summed E-state index contributed by atoms with van der Waals surface area (Å²) in [4.78, 5) is 40.9. The Morgan fingerprint density at radius 3 is 2.29 bits per heavy atom. The molecular formula is C18H9ClF7N5O4. The zero-order valence-corrected chi connectivity index (χ0v) is 17.3. The van der Waals surface area contributed by atoms with Gasteiger partial charge in [-0.05, 0) is 12.1 Å². The molecule has 0 radical (unpaired) electrons. The highest BCUT2D eigenvalue weighted by molar-refractivity contribution is 6.32. The number of nitrogens with two attached hydrogens (primary N) is 2. The number of Topliss-reactive ketones (excluding diaryl/α,β-unsaturated/α-hetero) is 1. The molecule has 0 aliphatic heterocycles. The number of carbonyl (C=O) groups is 1. The fourth-order valence-electron chi connectivity index (χ4n) is 2.75. The quantitative estimate of drug-likeness (QED) is 0.348. The Hall–Kier alpha value is -4.08. The number of aromatic nitrogens is 3. The molecule has 2 aromatic heterocycles. The van der Waals surface area contributed by atoms with Crippen LogP contribution < -0.4 is 27.5 Å². The van der Waals surface area contributed by atoms with Gasteiger partial charge in [0, 0.05) is 12.3 Å². The number of benzene rings is 1. The fourth-order valence-corrected chi connectivity index (χ4v) is 2.94. The lowest BCUT2D eigenvalue weighted by Gasteiger charge is -2.15. The lowest BCUT2D eigenvalue weighted by molar-refractivity contribution is -0.140. The molecule has 0 fully saturated rings. The number of rotatable bonds is 4. The molecule has 0 spiro atoms. The Morgan fingerprint density at radius 2 is 1.71 bits per heavy atom. The molecule has 0 saturated carbocycles. The molecule has 0 aliphatic carbocycles. The van der Waals surface area contributed by atoms with Gasteiger partial charge < -0.3 is 21.2 Å². The van der Waals surface area contributed by atoms with Crippen molar-refractivity contribution in [2.24, 2.45) is 0 Å². The van der Waals surface area contributed by atoms with Crippen molar-refractivity contribution in [3.05, 3.63) is 67.3 Å². The molecule has 2 heterocycles. The number of nitrogens with one attached hydrogen (secondary N) is 1. The van der Waals surface area contributed by atoms with Crippen LogP contribution in [0.3, 0.4) is 0 Å². The molecule has 3 aromatic rings. The summed E-state index contributed by atoms with van der Waals surface area (Å²) < 4.78 is 96.8. The second kappa shape index (κ2) is 8.61. The van der Waals surface area contributed by atoms with Gasteiger partial charge in [0.1, 0.15) is 22.9 Å². The van der Waals surface area contributed by atoms with Gasteiger partial charge in [-0.2, -0.15) is 26.3 Å². The summed E-state index contributed by atoms with van der Waals surface area (Å²) in [5.74, 6) is -5.17. The first-order valence-electron chi connectivity index (χ1n) is 8.79. The first-order chi connectivity index (χ1) is 16.0. The van der Waals surface area contributed by atoms with Crippen LogP contribution >= 0.6 is 11.6 Å². The number of alkyl halides is 6. The van der Waals surface area contributed by atoms with Crippen LogP contribution in [0.4, 0.5) is 42.1 Å². The van der Waals surface area contributed by atoms with Crippen molar-refractivity contribution in [2.45, 2.75) is 12.4 Å². The van der Waals surface area contributed by atoms with Gasteiger partial charge in [0.2, 0.25) is 5.88 Å². The molecule has 0 saturated heterocycles. The average molecular weight is 528 g/mol. The van der Waals surface area contributed by atoms with Crippen LogP contribution in [0.15, 0.2) is 34.0 Å². The largest absolute Gasteiger partial charge is 0.454 e. The number of hydrogen-bond acceptors (Lipinski definition) is 7. The van der Waals surface area contributed by atoms with Gasteiger partial charge in [0.05, 0.1) is 16.3 Å². The predicted octanol–water partition coefficient (Wildman–Crippen LogP) is 3.43. The van der Waals surface area contributed by atoms with Crippen LogP contribution in [0.5, 0.6) is 11.6 Å². The van der Waals surface area contributed by atoms with Crippen LogP contribution in [0.2, 0.25) is 5.02 Å². The Morgan fingerprint density at radius 1 is 1.09 bits per heavy atom. The fraction of sp³-hybridized carbons (Fsp3) is 0.111. The van der Waals surface area contributed by atoms with Gasteiger partial charge in [0.25, 0.3) is 11.3 Å². The smallest absolute Gasteiger partial charge is 0.435 e. The second-order valence-corrected chi connectivity index (χ2v) is 7.00. The number of anilines is 2. The van der Waals surface area contributed by atoms with Crippen LogP contribution in [0.1, 0.15) is 16.1 Å².